The van der Waals surface area contributed by atoms with Gasteiger partial charge in [-0.15, -0.1) is 0 Å². The first kappa shape index (κ1) is 13.1. The molecule has 2 rings (SSSR count). The van der Waals surface area contributed by atoms with Gasteiger partial charge in [0, 0.05) is 18.8 Å². The predicted octanol–water partition coefficient (Wildman–Crippen LogP) is 1.92. The molecule has 4 nitrogen and oxygen atoms in total. The topological polar surface area (TPSA) is 63.4 Å². The van der Waals surface area contributed by atoms with Crippen LogP contribution in [-0.2, 0) is 10.0 Å². The summed E-state index contributed by atoms with van der Waals surface area (Å²) < 4.78 is 26.6. The molecule has 0 radical (unpaired) electrons. The number of rotatable bonds is 2. The van der Waals surface area contributed by atoms with Crippen LogP contribution < -0.4 is 5.73 Å². The lowest BCUT2D eigenvalue weighted by Crippen LogP contribution is -2.35. The molecule has 0 saturated carbocycles. The van der Waals surface area contributed by atoms with Gasteiger partial charge in [-0.2, -0.15) is 4.31 Å². The van der Waals surface area contributed by atoms with Gasteiger partial charge in [-0.1, -0.05) is 17.7 Å². The lowest BCUT2D eigenvalue weighted by Gasteiger charge is -2.26. The van der Waals surface area contributed by atoms with Crippen molar-refractivity contribution in [1.29, 1.82) is 0 Å². The Morgan fingerprint density at radius 2 is 2.00 bits per heavy atom. The highest BCUT2D eigenvalue weighted by molar-refractivity contribution is 7.89. The summed E-state index contributed by atoms with van der Waals surface area (Å²) in [5.41, 5.74) is 7.98. The minimum Gasteiger partial charge on any atom is -0.399 e. The Kier molecular flexibility index (Phi) is 3.45. The van der Waals surface area contributed by atoms with E-state index in [1.807, 2.05) is 6.92 Å². The first-order valence-corrected chi connectivity index (χ1v) is 7.37. The van der Waals surface area contributed by atoms with Crippen LogP contribution in [0.15, 0.2) is 34.7 Å². The van der Waals surface area contributed by atoms with E-state index in [4.69, 9.17) is 5.73 Å². The van der Waals surface area contributed by atoms with Crippen LogP contribution in [0.3, 0.4) is 0 Å². The minimum atomic E-state index is -3.44. The van der Waals surface area contributed by atoms with Crippen LogP contribution in [0.25, 0.3) is 0 Å². The molecule has 0 amide bonds. The van der Waals surface area contributed by atoms with E-state index in [9.17, 15) is 8.42 Å². The fraction of sp³-hybridized carbons (Fsp3) is 0.385. The molecule has 0 saturated heterocycles. The van der Waals surface area contributed by atoms with Crippen LogP contribution >= 0.6 is 0 Å². The molecule has 18 heavy (non-hydrogen) atoms. The van der Waals surface area contributed by atoms with E-state index in [2.05, 4.69) is 6.08 Å². The summed E-state index contributed by atoms with van der Waals surface area (Å²) >= 11 is 0. The number of anilines is 1. The molecule has 0 aromatic heterocycles. The van der Waals surface area contributed by atoms with Gasteiger partial charge in [0.15, 0.2) is 0 Å². The Bertz CT molecular complexity index is 591. The van der Waals surface area contributed by atoms with Crippen molar-refractivity contribution in [1.82, 2.24) is 4.31 Å². The van der Waals surface area contributed by atoms with E-state index in [0.29, 0.717) is 23.7 Å². The van der Waals surface area contributed by atoms with Crippen LogP contribution in [0.1, 0.15) is 18.9 Å². The Balaban J connectivity index is 2.42. The first-order valence-electron chi connectivity index (χ1n) is 5.93. The summed E-state index contributed by atoms with van der Waals surface area (Å²) in [5.74, 6) is 0. The Morgan fingerprint density at radius 1 is 1.28 bits per heavy atom. The van der Waals surface area contributed by atoms with Crippen LogP contribution in [0.4, 0.5) is 5.69 Å². The van der Waals surface area contributed by atoms with Gasteiger partial charge in [0.1, 0.15) is 0 Å². The number of nitrogen functional groups attached to an aromatic ring is 1. The van der Waals surface area contributed by atoms with Gasteiger partial charge in [0.25, 0.3) is 0 Å². The van der Waals surface area contributed by atoms with Crippen LogP contribution in [0.2, 0.25) is 0 Å². The van der Waals surface area contributed by atoms with Crippen molar-refractivity contribution in [3.8, 4) is 0 Å². The quantitative estimate of drug-likeness (QED) is 0.657. The lowest BCUT2D eigenvalue weighted by molar-refractivity contribution is 0.427. The Hall–Kier alpha value is -1.33. The lowest BCUT2D eigenvalue weighted by atomic mass is 10.2. The van der Waals surface area contributed by atoms with Crippen molar-refractivity contribution in [2.24, 2.45) is 0 Å². The Labute approximate surface area is 108 Å². The summed E-state index contributed by atoms with van der Waals surface area (Å²) in [5, 5.41) is 0. The molecular weight excluding hydrogens is 248 g/mol. The van der Waals surface area contributed by atoms with Gasteiger partial charge in [0.05, 0.1) is 4.90 Å². The van der Waals surface area contributed by atoms with Crippen molar-refractivity contribution < 1.29 is 8.42 Å². The highest BCUT2D eigenvalue weighted by Gasteiger charge is 2.27. The molecule has 0 aliphatic carbocycles. The van der Waals surface area contributed by atoms with Gasteiger partial charge in [-0.05, 0) is 38.0 Å². The molecule has 1 aromatic rings. The summed E-state index contributed by atoms with van der Waals surface area (Å²) in [6.07, 6.45) is 2.85. The van der Waals surface area contributed by atoms with Crippen molar-refractivity contribution in [2.75, 3.05) is 18.8 Å². The summed E-state index contributed by atoms with van der Waals surface area (Å²) in [6, 6.07) is 5.00. The van der Waals surface area contributed by atoms with Crippen LogP contribution in [-0.4, -0.2) is 25.8 Å². The van der Waals surface area contributed by atoms with Gasteiger partial charge < -0.3 is 5.73 Å². The molecule has 98 valence electrons. The zero-order chi connectivity index (χ0) is 13.3. The fourth-order valence-corrected chi connectivity index (χ4v) is 3.87. The first-order chi connectivity index (χ1) is 8.41. The third-order valence-corrected chi connectivity index (χ3v) is 5.11. The minimum absolute atomic E-state index is 0.317. The molecule has 0 spiro atoms. The molecule has 5 heteroatoms. The fourth-order valence-electron chi connectivity index (χ4n) is 2.12. The van der Waals surface area contributed by atoms with E-state index in [0.717, 1.165) is 17.6 Å². The van der Waals surface area contributed by atoms with E-state index in [-0.39, 0.29) is 0 Å². The number of nitrogens with zero attached hydrogens (tertiary/aromatic N) is 1. The van der Waals surface area contributed by atoms with Crippen molar-refractivity contribution in [3.63, 3.8) is 0 Å². The summed E-state index contributed by atoms with van der Waals surface area (Å²) in [6.45, 7) is 4.75. The Morgan fingerprint density at radius 3 is 2.67 bits per heavy atom. The maximum absolute atomic E-state index is 12.5. The van der Waals surface area contributed by atoms with Gasteiger partial charge in [-0.25, -0.2) is 8.42 Å². The van der Waals surface area contributed by atoms with Crippen molar-refractivity contribution in [2.45, 2.75) is 25.2 Å². The number of nitrogens with two attached hydrogens (primary N) is 1. The third-order valence-electron chi connectivity index (χ3n) is 3.13. The zero-order valence-electron chi connectivity index (χ0n) is 10.7. The van der Waals surface area contributed by atoms with E-state index < -0.39 is 10.0 Å². The summed E-state index contributed by atoms with van der Waals surface area (Å²) in [7, 11) is -3.44. The second-order valence-corrected chi connectivity index (χ2v) is 6.61. The largest absolute Gasteiger partial charge is 0.399 e. The van der Waals surface area contributed by atoms with Gasteiger partial charge >= 0.3 is 0 Å². The molecule has 0 fully saturated rings. The summed E-state index contributed by atoms with van der Waals surface area (Å²) in [4.78, 5) is 0.317. The highest BCUT2D eigenvalue weighted by Crippen LogP contribution is 2.24. The second-order valence-electron chi connectivity index (χ2n) is 4.70. The van der Waals surface area contributed by atoms with E-state index in [1.165, 1.54) is 4.31 Å². The SMILES string of the molecule is CC1=CCCN(S(=O)(=O)c2cc(N)ccc2C)C1. The number of benzene rings is 1. The molecule has 1 heterocycles. The second kappa shape index (κ2) is 4.74. The molecular formula is C13H18N2O2S. The molecule has 1 aliphatic heterocycles. The monoisotopic (exact) mass is 266 g/mol. The highest BCUT2D eigenvalue weighted by atomic mass is 32.2. The van der Waals surface area contributed by atoms with E-state index >= 15 is 0 Å². The molecule has 0 unspecified atom stereocenters. The number of aryl methyl sites for hydroxylation is 1. The number of sulfonamides is 1. The van der Waals surface area contributed by atoms with Crippen molar-refractivity contribution in [3.05, 3.63) is 35.4 Å². The molecule has 1 aliphatic rings. The molecule has 2 N–H and O–H groups in total. The number of hydrogen-bond acceptors (Lipinski definition) is 3. The van der Waals surface area contributed by atoms with E-state index in [1.54, 1.807) is 25.1 Å². The van der Waals surface area contributed by atoms with Crippen LogP contribution in [0.5, 0.6) is 0 Å². The average molecular weight is 266 g/mol. The maximum Gasteiger partial charge on any atom is 0.243 e. The predicted molar refractivity (Wildman–Crippen MR) is 72.7 cm³/mol. The average Bonchev–Trinajstić information content (AvgIpc) is 2.32. The molecule has 0 atom stereocenters. The normalized spacial score (nSPS) is 17.6. The molecule has 0 bridgehead atoms. The standard InChI is InChI=1S/C13H18N2O2S/c1-10-4-3-7-15(9-10)18(16,17)13-8-12(14)6-5-11(13)2/h4-6,8H,3,7,9,14H2,1-2H3. The van der Waals surface area contributed by atoms with Crippen molar-refractivity contribution >= 4 is 15.7 Å². The third kappa shape index (κ3) is 2.42. The maximum atomic E-state index is 12.5. The number of hydrogen-bond donors (Lipinski definition) is 1. The van der Waals surface area contributed by atoms with Crippen LogP contribution in [0, 0.1) is 6.92 Å². The smallest absolute Gasteiger partial charge is 0.243 e. The van der Waals surface area contributed by atoms with Gasteiger partial charge in [0.2, 0.25) is 10.0 Å². The van der Waals surface area contributed by atoms with Gasteiger partial charge in [-0.3, -0.25) is 0 Å². The molecule has 1 aromatic carbocycles. The zero-order valence-corrected chi connectivity index (χ0v) is 11.5.